The molecule has 0 saturated heterocycles. The molecule has 0 aliphatic carbocycles. The molecular weight excluding hydrogens is 334 g/mol. The SMILES string of the molecule is CCCCCCCCCCCCCCCCCCOP(=O)(O)O.[Na]. The van der Waals surface area contributed by atoms with Crippen molar-refractivity contribution in [1.29, 1.82) is 0 Å². The van der Waals surface area contributed by atoms with E-state index < -0.39 is 7.82 Å². The van der Waals surface area contributed by atoms with Crippen molar-refractivity contribution in [2.24, 2.45) is 0 Å². The monoisotopic (exact) mass is 373 g/mol. The van der Waals surface area contributed by atoms with Crippen molar-refractivity contribution in [1.82, 2.24) is 0 Å². The first kappa shape index (κ1) is 27.3. The van der Waals surface area contributed by atoms with E-state index in [4.69, 9.17) is 9.79 Å². The Labute approximate surface area is 172 Å². The predicted molar refractivity (Wildman–Crippen MR) is 103 cm³/mol. The predicted octanol–water partition coefficient (Wildman–Crippen LogP) is 5.98. The van der Waals surface area contributed by atoms with Crippen molar-refractivity contribution >= 4 is 37.4 Å². The van der Waals surface area contributed by atoms with Gasteiger partial charge in [0.1, 0.15) is 0 Å². The molecule has 0 aromatic heterocycles. The van der Waals surface area contributed by atoms with E-state index in [0.717, 1.165) is 19.3 Å². The fourth-order valence-electron chi connectivity index (χ4n) is 2.83. The second-order valence-corrected chi connectivity index (χ2v) is 7.87. The van der Waals surface area contributed by atoms with E-state index >= 15 is 0 Å². The largest absolute Gasteiger partial charge is 0.469 e. The summed E-state index contributed by atoms with van der Waals surface area (Å²) in [6.07, 6.45) is 20.7. The van der Waals surface area contributed by atoms with Crippen LogP contribution in [0.3, 0.4) is 0 Å². The molecule has 2 N–H and O–H groups in total. The molecule has 6 heteroatoms. The van der Waals surface area contributed by atoms with Gasteiger partial charge in [0.25, 0.3) is 0 Å². The third kappa shape index (κ3) is 25.4. The maximum Gasteiger partial charge on any atom is 0.469 e. The Bertz CT molecular complexity index is 284. The molecule has 0 atom stereocenters. The Balaban J connectivity index is 0. The van der Waals surface area contributed by atoms with Crippen LogP contribution in [0, 0.1) is 0 Å². The summed E-state index contributed by atoms with van der Waals surface area (Å²) >= 11 is 0. The van der Waals surface area contributed by atoms with Crippen molar-refractivity contribution in [2.45, 2.75) is 110 Å². The molecule has 0 bridgehead atoms. The van der Waals surface area contributed by atoms with E-state index in [0.29, 0.717) is 0 Å². The Morgan fingerprint density at radius 1 is 0.625 bits per heavy atom. The van der Waals surface area contributed by atoms with Gasteiger partial charge in [-0.15, -0.1) is 0 Å². The van der Waals surface area contributed by atoms with E-state index in [9.17, 15) is 4.57 Å². The second kappa shape index (κ2) is 20.4. The van der Waals surface area contributed by atoms with Crippen molar-refractivity contribution < 1.29 is 18.9 Å². The third-order valence-electron chi connectivity index (χ3n) is 4.26. The molecule has 24 heavy (non-hydrogen) atoms. The van der Waals surface area contributed by atoms with Crippen molar-refractivity contribution in [3.05, 3.63) is 0 Å². The molecule has 0 aromatic rings. The second-order valence-electron chi connectivity index (χ2n) is 6.63. The summed E-state index contributed by atoms with van der Waals surface area (Å²) < 4.78 is 14.9. The molecular formula is C18H39NaO4P. The fourth-order valence-corrected chi connectivity index (χ4v) is 3.20. The van der Waals surface area contributed by atoms with E-state index in [-0.39, 0.29) is 36.2 Å². The van der Waals surface area contributed by atoms with Crippen LogP contribution in [-0.2, 0) is 9.09 Å². The zero-order valence-corrected chi connectivity index (χ0v) is 19.1. The van der Waals surface area contributed by atoms with E-state index in [1.54, 1.807) is 0 Å². The van der Waals surface area contributed by atoms with Crippen LogP contribution < -0.4 is 0 Å². The number of rotatable bonds is 18. The normalized spacial score (nSPS) is 11.5. The Morgan fingerprint density at radius 2 is 0.917 bits per heavy atom. The molecule has 0 rings (SSSR count). The van der Waals surface area contributed by atoms with Crippen LogP contribution in [0.2, 0.25) is 0 Å². The molecule has 0 aromatic carbocycles. The summed E-state index contributed by atoms with van der Waals surface area (Å²) in [7, 11) is -4.26. The smallest absolute Gasteiger partial charge is 0.303 e. The summed E-state index contributed by atoms with van der Waals surface area (Å²) in [6.45, 7) is 2.43. The number of phosphoric acid groups is 1. The number of phosphoric ester groups is 1. The van der Waals surface area contributed by atoms with Gasteiger partial charge in [0.15, 0.2) is 0 Å². The van der Waals surface area contributed by atoms with Gasteiger partial charge in [-0.25, -0.2) is 4.57 Å². The maximum absolute atomic E-state index is 10.5. The van der Waals surface area contributed by atoms with E-state index in [2.05, 4.69) is 11.4 Å². The van der Waals surface area contributed by atoms with E-state index in [1.807, 2.05) is 0 Å². The van der Waals surface area contributed by atoms with Crippen LogP contribution in [-0.4, -0.2) is 46.0 Å². The Kier molecular flexibility index (Phi) is 23.3. The fraction of sp³-hybridized carbons (Fsp3) is 1.00. The molecule has 0 fully saturated rings. The number of hydrogen-bond acceptors (Lipinski definition) is 2. The summed E-state index contributed by atoms with van der Waals surface area (Å²) in [5, 5.41) is 0. The zero-order valence-electron chi connectivity index (χ0n) is 16.2. The first-order chi connectivity index (χ1) is 11.1. The van der Waals surface area contributed by atoms with Crippen LogP contribution in [0.1, 0.15) is 110 Å². The minimum absolute atomic E-state index is 0. The van der Waals surface area contributed by atoms with Crippen LogP contribution in [0.25, 0.3) is 0 Å². The molecule has 0 saturated carbocycles. The molecule has 0 amide bonds. The summed E-state index contributed by atoms with van der Waals surface area (Å²) in [5.74, 6) is 0. The van der Waals surface area contributed by atoms with Gasteiger partial charge in [-0.05, 0) is 6.42 Å². The molecule has 1 radical (unpaired) electrons. The van der Waals surface area contributed by atoms with Gasteiger partial charge in [0.05, 0.1) is 6.61 Å². The molecule has 0 aliphatic rings. The van der Waals surface area contributed by atoms with Crippen LogP contribution >= 0.6 is 7.82 Å². The first-order valence-corrected chi connectivity index (χ1v) is 11.3. The van der Waals surface area contributed by atoms with Gasteiger partial charge in [-0.2, -0.15) is 0 Å². The number of hydrogen-bond donors (Lipinski definition) is 2. The van der Waals surface area contributed by atoms with Gasteiger partial charge in [-0.1, -0.05) is 103 Å². The quantitative estimate of drug-likeness (QED) is 0.176. The first-order valence-electron chi connectivity index (χ1n) is 9.76. The van der Waals surface area contributed by atoms with Crippen LogP contribution in [0.5, 0.6) is 0 Å². The standard InChI is InChI=1S/C18H39O4P.Na/c1-2-3-4-5-6-7-8-9-10-11-12-13-14-15-16-17-18-22-23(19,20)21;/h2-18H2,1H3,(H2,19,20,21);. The Morgan fingerprint density at radius 3 is 1.21 bits per heavy atom. The average molecular weight is 373 g/mol. The van der Waals surface area contributed by atoms with Crippen LogP contribution in [0.15, 0.2) is 0 Å². The van der Waals surface area contributed by atoms with Crippen LogP contribution in [0.4, 0.5) is 0 Å². The summed E-state index contributed by atoms with van der Waals surface area (Å²) in [6, 6.07) is 0. The summed E-state index contributed by atoms with van der Waals surface area (Å²) in [5.41, 5.74) is 0. The van der Waals surface area contributed by atoms with Gasteiger partial charge in [0.2, 0.25) is 0 Å². The van der Waals surface area contributed by atoms with Crippen molar-refractivity contribution in [3.8, 4) is 0 Å². The zero-order chi connectivity index (χ0) is 17.2. The minimum Gasteiger partial charge on any atom is -0.303 e. The van der Waals surface area contributed by atoms with Gasteiger partial charge >= 0.3 is 7.82 Å². The molecule has 141 valence electrons. The van der Waals surface area contributed by atoms with Gasteiger partial charge in [-0.3, -0.25) is 4.52 Å². The molecule has 0 heterocycles. The molecule has 0 aliphatic heterocycles. The van der Waals surface area contributed by atoms with Crippen molar-refractivity contribution in [2.75, 3.05) is 6.61 Å². The summed E-state index contributed by atoms with van der Waals surface area (Å²) in [4.78, 5) is 17.1. The maximum atomic E-state index is 10.5. The van der Waals surface area contributed by atoms with E-state index in [1.165, 1.54) is 83.5 Å². The average Bonchev–Trinajstić information content (AvgIpc) is 2.49. The minimum atomic E-state index is -4.26. The Hall–Kier alpha value is 1.11. The topological polar surface area (TPSA) is 66.8 Å². The molecule has 0 spiro atoms. The van der Waals surface area contributed by atoms with Crippen molar-refractivity contribution in [3.63, 3.8) is 0 Å². The number of unbranched alkanes of at least 4 members (excludes halogenated alkanes) is 15. The molecule has 0 unspecified atom stereocenters. The van der Waals surface area contributed by atoms with Gasteiger partial charge < -0.3 is 9.79 Å². The molecule has 4 nitrogen and oxygen atoms in total. The van der Waals surface area contributed by atoms with Gasteiger partial charge in [0, 0.05) is 29.6 Å². The third-order valence-corrected chi connectivity index (χ3v) is 4.78.